The van der Waals surface area contributed by atoms with E-state index in [2.05, 4.69) is 0 Å². The number of hydrogen-bond donors (Lipinski definition) is 1. The van der Waals surface area contributed by atoms with Gasteiger partial charge in [-0.15, -0.1) is 0 Å². The van der Waals surface area contributed by atoms with Gasteiger partial charge in [0.2, 0.25) is 5.91 Å². The Morgan fingerprint density at radius 3 is 2.61 bits per heavy atom. The quantitative estimate of drug-likeness (QED) is 0.827. The molecule has 2 heterocycles. The van der Waals surface area contributed by atoms with E-state index in [0.717, 1.165) is 10.5 Å². The number of carboxylic acid groups (broad SMARTS) is 1. The van der Waals surface area contributed by atoms with E-state index < -0.39 is 36.3 Å². The fourth-order valence-electron chi connectivity index (χ4n) is 3.10. The molecule has 120 valence electrons. The molecular weight excluding hydrogens is 300 g/mol. The predicted molar refractivity (Wildman–Crippen MR) is 78.9 cm³/mol. The summed E-state index contributed by atoms with van der Waals surface area (Å²) < 4.78 is 0. The smallest absolute Gasteiger partial charge is 0.326 e. The van der Waals surface area contributed by atoms with Gasteiger partial charge in [-0.1, -0.05) is 11.6 Å². The van der Waals surface area contributed by atoms with Crippen molar-refractivity contribution in [1.82, 2.24) is 9.80 Å². The van der Waals surface area contributed by atoms with Crippen molar-refractivity contribution < 1.29 is 24.3 Å². The zero-order valence-corrected chi connectivity index (χ0v) is 12.6. The van der Waals surface area contributed by atoms with Crippen LogP contribution in [0, 0.1) is 6.92 Å². The minimum atomic E-state index is -1.06. The Bertz CT molecular complexity index is 727. The van der Waals surface area contributed by atoms with E-state index in [1.54, 1.807) is 18.2 Å². The molecule has 0 unspecified atom stereocenters. The molecule has 1 N–H and O–H groups in total. The van der Waals surface area contributed by atoms with Gasteiger partial charge in [-0.05, 0) is 31.9 Å². The lowest BCUT2D eigenvalue weighted by Gasteiger charge is -2.23. The first-order valence-electron chi connectivity index (χ1n) is 7.39. The molecular formula is C16H16N2O5. The number of imide groups is 1. The zero-order valence-electron chi connectivity index (χ0n) is 12.6. The fourth-order valence-corrected chi connectivity index (χ4v) is 3.10. The normalized spacial score (nSPS) is 20.1. The lowest BCUT2D eigenvalue weighted by atomic mass is 10.1. The maximum Gasteiger partial charge on any atom is 0.326 e. The van der Waals surface area contributed by atoms with Gasteiger partial charge in [-0.2, -0.15) is 0 Å². The fraction of sp³-hybridized carbons (Fsp3) is 0.375. The summed E-state index contributed by atoms with van der Waals surface area (Å²) >= 11 is 0. The van der Waals surface area contributed by atoms with Crippen LogP contribution in [0.1, 0.15) is 39.1 Å². The molecule has 0 aromatic heterocycles. The van der Waals surface area contributed by atoms with Crippen molar-refractivity contribution >= 4 is 23.7 Å². The highest BCUT2D eigenvalue weighted by atomic mass is 16.4. The number of nitrogens with zero attached hydrogens (tertiary/aromatic N) is 2. The van der Waals surface area contributed by atoms with E-state index in [0.29, 0.717) is 24.9 Å². The summed E-state index contributed by atoms with van der Waals surface area (Å²) in [6, 6.07) is 4.05. The van der Waals surface area contributed by atoms with Gasteiger partial charge in [-0.25, -0.2) is 4.79 Å². The van der Waals surface area contributed by atoms with Crippen molar-refractivity contribution in [3.63, 3.8) is 0 Å². The first-order valence-corrected chi connectivity index (χ1v) is 7.39. The molecule has 1 aromatic rings. The Balaban J connectivity index is 1.79. The summed E-state index contributed by atoms with van der Waals surface area (Å²) in [6.45, 7) is 1.72. The summed E-state index contributed by atoms with van der Waals surface area (Å²) in [6.07, 6.45) is 0.992. The molecule has 0 spiro atoms. The van der Waals surface area contributed by atoms with Gasteiger partial charge < -0.3 is 10.0 Å². The van der Waals surface area contributed by atoms with E-state index in [1.807, 2.05) is 6.92 Å². The molecule has 1 aromatic carbocycles. The van der Waals surface area contributed by atoms with Crippen molar-refractivity contribution in [2.45, 2.75) is 25.8 Å². The number of hydrogen-bond acceptors (Lipinski definition) is 4. The van der Waals surface area contributed by atoms with E-state index in [9.17, 15) is 19.2 Å². The Kier molecular flexibility index (Phi) is 3.63. The van der Waals surface area contributed by atoms with Crippen molar-refractivity contribution in [3.8, 4) is 0 Å². The third-order valence-electron chi connectivity index (χ3n) is 4.28. The molecule has 23 heavy (non-hydrogen) atoms. The van der Waals surface area contributed by atoms with Crippen LogP contribution < -0.4 is 0 Å². The average Bonchev–Trinajstić information content (AvgIpc) is 3.07. The lowest BCUT2D eigenvalue weighted by Crippen LogP contribution is -2.46. The van der Waals surface area contributed by atoms with Gasteiger partial charge in [0.1, 0.15) is 12.6 Å². The summed E-state index contributed by atoms with van der Waals surface area (Å²) in [5, 5.41) is 9.13. The van der Waals surface area contributed by atoms with Gasteiger partial charge in [0.25, 0.3) is 11.8 Å². The third kappa shape index (κ3) is 2.48. The van der Waals surface area contributed by atoms with Crippen molar-refractivity contribution in [2.24, 2.45) is 0 Å². The Morgan fingerprint density at radius 2 is 1.91 bits per heavy atom. The first kappa shape index (κ1) is 15.2. The summed E-state index contributed by atoms with van der Waals surface area (Å²) in [7, 11) is 0. The molecule has 0 aliphatic carbocycles. The molecule has 2 aliphatic heterocycles. The Labute approximate surface area is 132 Å². The second kappa shape index (κ2) is 5.49. The van der Waals surface area contributed by atoms with Crippen LogP contribution in [0.15, 0.2) is 18.2 Å². The minimum Gasteiger partial charge on any atom is -0.480 e. The SMILES string of the molecule is Cc1ccc2c(c1)C(=O)N(CC(=O)N1CCC[C@@H]1C(=O)O)C2=O. The molecule has 7 heteroatoms. The van der Waals surface area contributed by atoms with E-state index >= 15 is 0 Å². The number of carbonyl (C=O) groups excluding carboxylic acids is 3. The van der Waals surface area contributed by atoms with E-state index in [4.69, 9.17) is 5.11 Å². The van der Waals surface area contributed by atoms with Crippen LogP contribution >= 0.6 is 0 Å². The number of carboxylic acids is 1. The number of benzene rings is 1. The van der Waals surface area contributed by atoms with Crippen molar-refractivity contribution in [2.75, 3.05) is 13.1 Å². The van der Waals surface area contributed by atoms with Crippen LogP contribution in [0.4, 0.5) is 0 Å². The number of amides is 3. The van der Waals surface area contributed by atoms with Crippen LogP contribution in [0.2, 0.25) is 0 Å². The monoisotopic (exact) mass is 316 g/mol. The molecule has 1 saturated heterocycles. The van der Waals surface area contributed by atoms with E-state index in [-0.39, 0.29) is 5.56 Å². The Morgan fingerprint density at radius 1 is 1.22 bits per heavy atom. The maximum atomic E-state index is 12.3. The van der Waals surface area contributed by atoms with Crippen LogP contribution in [0.5, 0.6) is 0 Å². The minimum absolute atomic E-state index is 0.282. The molecule has 3 rings (SSSR count). The van der Waals surface area contributed by atoms with Gasteiger partial charge in [0.15, 0.2) is 0 Å². The molecule has 0 saturated carbocycles. The highest BCUT2D eigenvalue weighted by Gasteiger charge is 2.40. The lowest BCUT2D eigenvalue weighted by molar-refractivity contribution is -0.148. The van der Waals surface area contributed by atoms with Crippen LogP contribution in [0.3, 0.4) is 0 Å². The van der Waals surface area contributed by atoms with Gasteiger partial charge >= 0.3 is 5.97 Å². The second-order valence-electron chi connectivity index (χ2n) is 5.83. The molecule has 3 amide bonds. The molecule has 0 radical (unpaired) electrons. The summed E-state index contributed by atoms with van der Waals surface area (Å²) in [5.41, 5.74) is 1.42. The highest BCUT2D eigenvalue weighted by molar-refractivity contribution is 6.22. The third-order valence-corrected chi connectivity index (χ3v) is 4.28. The number of aryl methyl sites for hydroxylation is 1. The highest BCUT2D eigenvalue weighted by Crippen LogP contribution is 2.25. The van der Waals surface area contributed by atoms with Crippen molar-refractivity contribution in [3.05, 3.63) is 34.9 Å². The van der Waals surface area contributed by atoms with Crippen LogP contribution in [0.25, 0.3) is 0 Å². The number of carbonyl (C=O) groups is 4. The zero-order chi connectivity index (χ0) is 16.7. The topological polar surface area (TPSA) is 95.0 Å². The number of likely N-dealkylation sites (tertiary alicyclic amines) is 1. The van der Waals surface area contributed by atoms with Crippen LogP contribution in [-0.2, 0) is 9.59 Å². The summed E-state index contributed by atoms with van der Waals surface area (Å²) in [4.78, 5) is 50.3. The molecule has 2 aliphatic rings. The van der Waals surface area contributed by atoms with Gasteiger partial charge in [-0.3, -0.25) is 19.3 Å². The van der Waals surface area contributed by atoms with Crippen LogP contribution in [-0.4, -0.2) is 57.7 Å². The molecule has 1 fully saturated rings. The van der Waals surface area contributed by atoms with Gasteiger partial charge in [0, 0.05) is 6.54 Å². The maximum absolute atomic E-state index is 12.3. The standard InChI is InChI=1S/C16H16N2O5/c1-9-4-5-10-11(7-9)15(21)18(14(10)20)8-13(19)17-6-2-3-12(17)16(22)23/h4-5,7,12H,2-3,6,8H2,1H3,(H,22,23)/t12-/m1/s1. The predicted octanol–water partition coefficient (Wildman–Crippen LogP) is 0.667. The summed E-state index contributed by atoms with van der Waals surface area (Å²) in [5.74, 6) is -2.59. The van der Waals surface area contributed by atoms with Gasteiger partial charge in [0.05, 0.1) is 11.1 Å². The Hall–Kier alpha value is -2.70. The molecule has 0 bridgehead atoms. The molecule has 1 atom stereocenters. The number of fused-ring (bicyclic) bond motifs is 1. The van der Waals surface area contributed by atoms with Crippen molar-refractivity contribution in [1.29, 1.82) is 0 Å². The molecule has 7 nitrogen and oxygen atoms in total. The average molecular weight is 316 g/mol. The number of aliphatic carboxylic acids is 1. The van der Waals surface area contributed by atoms with E-state index in [1.165, 1.54) is 4.90 Å². The number of rotatable bonds is 3. The largest absolute Gasteiger partial charge is 0.480 e. The first-order chi connectivity index (χ1) is 10.9. The second-order valence-corrected chi connectivity index (χ2v) is 5.83.